The van der Waals surface area contributed by atoms with E-state index in [1.807, 2.05) is 54.6 Å². The number of fused-ring (bicyclic) bond motifs is 7. The molecule has 9 heteroatoms. The first kappa shape index (κ1) is 33.9. The van der Waals surface area contributed by atoms with Crippen LogP contribution in [-0.4, -0.2) is 62.8 Å². The van der Waals surface area contributed by atoms with Crippen LogP contribution >= 0.6 is 0 Å². The van der Waals surface area contributed by atoms with Crippen molar-refractivity contribution in [3.05, 3.63) is 121 Å². The van der Waals surface area contributed by atoms with Crippen molar-refractivity contribution < 1.29 is 4.42 Å². The van der Waals surface area contributed by atoms with Crippen molar-refractivity contribution in [2.45, 2.75) is 0 Å². The van der Waals surface area contributed by atoms with Gasteiger partial charge in [0.25, 0.3) is 0 Å². The molecule has 0 aliphatic heterocycles. The summed E-state index contributed by atoms with van der Waals surface area (Å²) in [5.41, 5.74) is 8.05. The van der Waals surface area contributed by atoms with Gasteiger partial charge < -0.3 is 4.42 Å². The lowest BCUT2D eigenvalue weighted by Gasteiger charge is -2.29. The molecule has 0 spiro atoms. The predicted molar refractivity (Wildman–Crippen MR) is 243 cm³/mol. The summed E-state index contributed by atoms with van der Waals surface area (Å²) in [6.45, 7) is 0. The fraction of sp³-hybridized carbons (Fsp3) is 0. The van der Waals surface area contributed by atoms with Crippen LogP contribution in [0.4, 0.5) is 0 Å². The van der Waals surface area contributed by atoms with Crippen molar-refractivity contribution >= 4 is 172 Å². The van der Waals surface area contributed by atoms with Crippen LogP contribution in [-0.2, 0) is 0 Å². The van der Waals surface area contributed by atoms with E-state index in [4.69, 9.17) is 67.2 Å². The molecular formula is C46H20B8O. The monoisotopic (exact) mass is 676 g/mol. The van der Waals surface area contributed by atoms with Gasteiger partial charge in [0.15, 0.2) is 0 Å². The third kappa shape index (κ3) is 4.91. The molecule has 0 amide bonds. The Hall–Kier alpha value is -5.66. The van der Waals surface area contributed by atoms with Gasteiger partial charge in [-0.05, 0) is 113 Å². The zero-order valence-electron chi connectivity index (χ0n) is 29.6. The first-order valence-electron chi connectivity index (χ1n) is 17.8. The van der Waals surface area contributed by atoms with Crippen LogP contribution in [0.5, 0.6) is 0 Å². The molecule has 1 nitrogen and oxygen atoms in total. The minimum Gasteiger partial charge on any atom is -0.456 e. The Morgan fingerprint density at radius 2 is 0.818 bits per heavy atom. The SMILES string of the molecule is [B]c1c([B])c([B])c2c(-c3cc(-c4ccccc4)cc4ccccc34)c3c([B])c([B])c([B])c([B])c3c(-c3ccc4oc5cc6ccccc6cc5c4c3)c2c1[B]. The molecular weight excluding hydrogens is 655 g/mol. The quantitative estimate of drug-likeness (QED) is 0.207. The van der Waals surface area contributed by atoms with Crippen molar-refractivity contribution in [1.29, 1.82) is 0 Å². The van der Waals surface area contributed by atoms with Gasteiger partial charge in [-0.2, -0.15) is 0 Å². The molecule has 1 heterocycles. The van der Waals surface area contributed by atoms with Crippen molar-refractivity contribution in [3.63, 3.8) is 0 Å². The van der Waals surface area contributed by atoms with E-state index in [2.05, 4.69) is 66.7 Å². The Kier molecular flexibility index (Phi) is 7.66. The first-order valence-corrected chi connectivity index (χ1v) is 17.8. The largest absolute Gasteiger partial charge is 0.456 e. The molecule has 1 aromatic heterocycles. The minimum atomic E-state index is 0.163. The predicted octanol–water partition coefficient (Wildman–Crippen LogP) is 3.55. The maximum absolute atomic E-state index is 7.11. The molecule has 0 fully saturated rings. The van der Waals surface area contributed by atoms with Gasteiger partial charge in [-0.25, -0.2) is 0 Å². The van der Waals surface area contributed by atoms with E-state index in [9.17, 15) is 0 Å². The van der Waals surface area contributed by atoms with Gasteiger partial charge in [0, 0.05) is 10.8 Å². The molecule has 0 aliphatic rings. The maximum atomic E-state index is 7.11. The molecule has 0 bridgehead atoms. The van der Waals surface area contributed by atoms with Gasteiger partial charge >= 0.3 is 0 Å². The summed E-state index contributed by atoms with van der Waals surface area (Å²) in [6, 6.07) is 40.9. The van der Waals surface area contributed by atoms with E-state index in [1.54, 1.807) is 0 Å². The highest BCUT2D eigenvalue weighted by Gasteiger charge is 2.26. The molecule has 0 aliphatic carbocycles. The highest BCUT2D eigenvalue weighted by atomic mass is 16.3. The smallest absolute Gasteiger partial charge is 0.136 e. The highest BCUT2D eigenvalue weighted by molar-refractivity contribution is 6.71. The third-order valence-corrected chi connectivity index (χ3v) is 11.2. The summed E-state index contributed by atoms with van der Waals surface area (Å²) >= 11 is 0. The Balaban J connectivity index is 1.44. The number of hydrogen-bond donors (Lipinski definition) is 0. The lowest BCUT2D eigenvalue weighted by Crippen LogP contribution is -2.50. The number of benzene rings is 9. The van der Waals surface area contributed by atoms with Gasteiger partial charge in [0.1, 0.15) is 73.9 Å². The van der Waals surface area contributed by atoms with Crippen LogP contribution in [0.25, 0.3) is 98.4 Å². The molecule has 10 rings (SSSR count). The van der Waals surface area contributed by atoms with E-state index in [-0.39, 0.29) is 43.7 Å². The fourth-order valence-corrected chi connectivity index (χ4v) is 8.44. The van der Waals surface area contributed by atoms with Crippen molar-refractivity contribution in [3.8, 4) is 33.4 Å². The molecule has 16 radical (unpaired) electrons. The van der Waals surface area contributed by atoms with Crippen molar-refractivity contribution in [1.82, 2.24) is 0 Å². The highest BCUT2D eigenvalue weighted by Crippen LogP contribution is 2.45. The van der Waals surface area contributed by atoms with Crippen LogP contribution in [0.1, 0.15) is 0 Å². The normalized spacial score (nSPS) is 11.9. The summed E-state index contributed by atoms with van der Waals surface area (Å²) in [6.07, 6.45) is 0. The van der Waals surface area contributed by atoms with Crippen LogP contribution in [0.3, 0.4) is 0 Å². The summed E-state index contributed by atoms with van der Waals surface area (Å²) in [5, 5.41) is 8.24. The standard InChI is InChI=1S/C46H20B8O/c47-39-35-33(25-14-15-31-28(18-25)29-17-22-10-4-5-11-23(22)20-32(29)55-31)36-38(42(50)46(54)44(52)40(36)48)34(37(35)41(49)45(53)43(39)51)30-19-26(21-8-2-1-3-9-21)16-24-12-6-7-13-27(24)30/h1-20H. The lowest BCUT2D eigenvalue weighted by atomic mass is 9.59. The van der Waals surface area contributed by atoms with Crippen molar-refractivity contribution in [2.24, 2.45) is 0 Å². The molecule has 234 valence electrons. The van der Waals surface area contributed by atoms with E-state index in [0.29, 0.717) is 32.7 Å². The molecule has 0 saturated heterocycles. The molecule has 9 aromatic carbocycles. The van der Waals surface area contributed by atoms with Gasteiger partial charge in [-0.1, -0.05) is 107 Å². The van der Waals surface area contributed by atoms with Gasteiger partial charge in [-0.15, -0.1) is 21.9 Å². The Labute approximate surface area is 329 Å². The van der Waals surface area contributed by atoms with Gasteiger partial charge in [0.05, 0.1) is 0 Å². The van der Waals surface area contributed by atoms with Crippen LogP contribution in [0.2, 0.25) is 0 Å². The second-order valence-electron chi connectivity index (χ2n) is 14.2. The summed E-state index contributed by atoms with van der Waals surface area (Å²) in [4.78, 5) is 0. The molecule has 10 aromatic rings. The lowest BCUT2D eigenvalue weighted by molar-refractivity contribution is 0.669. The molecule has 0 unspecified atom stereocenters. The Morgan fingerprint density at radius 3 is 1.44 bits per heavy atom. The van der Waals surface area contributed by atoms with E-state index < -0.39 is 0 Å². The summed E-state index contributed by atoms with van der Waals surface area (Å²) in [5.74, 6) is 0. The van der Waals surface area contributed by atoms with Gasteiger partial charge in [0.2, 0.25) is 0 Å². The summed E-state index contributed by atoms with van der Waals surface area (Å²) in [7, 11) is 55.2. The number of furan rings is 1. The van der Waals surface area contributed by atoms with E-state index in [0.717, 1.165) is 65.7 Å². The zero-order chi connectivity index (χ0) is 37.9. The van der Waals surface area contributed by atoms with E-state index >= 15 is 0 Å². The topological polar surface area (TPSA) is 13.1 Å². The second-order valence-corrected chi connectivity index (χ2v) is 14.2. The zero-order valence-corrected chi connectivity index (χ0v) is 29.6. The van der Waals surface area contributed by atoms with Gasteiger partial charge in [-0.3, -0.25) is 0 Å². The maximum Gasteiger partial charge on any atom is 0.136 e. The second kappa shape index (κ2) is 12.4. The third-order valence-electron chi connectivity index (χ3n) is 11.2. The van der Waals surface area contributed by atoms with Crippen LogP contribution < -0.4 is 43.7 Å². The minimum absolute atomic E-state index is 0.163. The average Bonchev–Trinajstić information content (AvgIpc) is 3.57. The van der Waals surface area contributed by atoms with Crippen molar-refractivity contribution in [2.75, 3.05) is 0 Å². The van der Waals surface area contributed by atoms with Crippen LogP contribution in [0.15, 0.2) is 126 Å². The molecule has 55 heavy (non-hydrogen) atoms. The number of rotatable bonds is 3. The molecule has 0 N–H and O–H groups in total. The first-order chi connectivity index (χ1) is 26.6. The Morgan fingerprint density at radius 1 is 0.309 bits per heavy atom. The average molecular weight is 675 g/mol. The number of hydrogen-bond acceptors (Lipinski definition) is 1. The van der Waals surface area contributed by atoms with Crippen LogP contribution in [0, 0.1) is 0 Å². The molecule has 0 atom stereocenters. The Bertz CT molecular complexity index is 3220. The van der Waals surface area contributed by atoms with E-state index in [1.165, 1.54) is 0 Å². The molecule has 0 saturated carbocycles. The fourth-order valence-electron chi connectivity index (χ4n) is 8.44. The summed E-state index contributed by atoms with van der Waals surface area (Å²) < 4.78 is 6.38.